The van der Waals surface area contributed by atoms with E-state index in [0.29, 0.717) is 12.5 Å². The first-order valence-corrected chi connectivity index (χ1v) is 7.78. The van der Waals surface area contributed by atoms with Gasteiger partial charge < -0.3 is 14.8 Å². The normalized spacial score (nSPS) is 10.6. The van der Waals surface area contributed by atoms with Gasteiger partial charge in [-0.3, -0.25) is 4.79 Å². The molecule has 2 rings (SSSR count). The summed E-state index contributed by atoms with van der Waals surface area (Å²) in [6, 6.07) is 8.26. The summed E-state index contributed by atoms with van der Waals surface area (Å²) in [6.07, 6.45) is 0.404. The second-order valence-corrected chi connectivity index (χ2v) is 5.32. The summed E-state index contributed by atoms with van der Waals surface area (Å²) in [6.45, 7) is -3.33. The number of carbonyl (C=O) groups is 2. The molecule has 5 nitrogen and oxygen atoms in total. The Hall–Kier alpha value is -3.10. The molecular weight excluding hydrogens is 370 g/mol. The van der Waals surface area contributed by atoms with E-state index in [1.54, 1.807) is 12.1 Å². The van der Waals surface area contributed by atoms with Gasteiger partial charge in [-0.2, -0.15) is 8.78 Å². The van der Waals surface area contributed by atoms with Crippen molar-refractivity contribution >= 4 is 11.9 Å². The standard InChI is InChI=1S/C18H15F4NO4/c19-12-3-6-14(15(20)9-12)17(25)26-10-16(24)23-8-7-11-1-4-13(5-2-11)27-18(21)22/h1-6,9,18H,7-8,10H2,(H,23,24). The Labute approximate surface area is 151 Å². The van der Waals surface area contributed by atoms with E-state index in [2.05, 4.69) is 14.8 Å². The van der Waals surface area contributed by atoms with Crippen molar-refractivity contribution in [2.45, 2.75) is 13.0 Å². The fourth-order valence-corrected chi connectivity index (χ4v) is 2.10. The number of esters is 1. The van der Waals surface area contributed by atoms with Crippen molar-refractivity contribution in [3.05, 3.63) is 65.2 Å². The van der Waals surface area contributed by atoms with E-state index in [1.165, 1.54) is 12.1 Å². The van der Waals surface area contributed by atoms with Crippen LogP contribution in [0, 0.1) is 11.6 Å². The summed E-state index contributed by atoms with van der Waals surface area (Å²) in [5, 5.41) is 2.49. The van der Waals surface area contributed by atoms with Gasteiger partial charge in [-0.1, -0.05) is 12.1 Å². The molecular formula is C18H15F4NO4. The molecule has 27 heavy (non-hydrogen) atoms. The van der Waals surface area contributed by atoms with Crippen molar-refractivity contribution in [3.63, 3.8) is 0 Å². The Bertz CT molecular complexity index is 796. The van der Waals surface area contributed by atoms with Gasteiger partial charge in [-0.15, -0.1) is 0 Å². The van der Waals surface area contributed by atoms with Crippen LogP contribution in [0.1, 0.15) is 15.9 Å². The van der Waals surface area contributed by atoms with E-state index >= 15 is 0 Å². The Morgan fingerprint density at radius 1 is 1.04 bits per heavy atom. The molecule has 0 heterocycles. The van der Waals surface area contributed by atoms with Crippen LogP contribution in [0.25, 0.3) is 0 Å². The summed E-state index contributed by atoms with van der Waals surface area (Å²) in [4.78, 5) is 23.3. The van der Waals surface area contributed by atoms with Crippen LogP contribution in [0.5, 0.6) is 5.75 Å². The van der Waals surface area contributed by atoms with Crippen LogP contribution < -0.4 is 10.1 Å². The lowest BCUT2D eigenvalue weighted by Crippen LogP contribution is -2.30. The van der Waals surface area contributed by atoms with Crippen LogP contribution in [0.2, 0.25) is 0 Å². The lowest BCUT2D eigenvalue weighted by Gasteiger charge is -2.08. The van der Waals surface area contributed by atoms with Crippen LogP contribution in [0.3, 0.4) is 0 Å². The minimum Gasteiger partial charge on any atom is -0.452 e. The zero-order chi connectivity index (χ0) is 19.8. The second-order valence-electron chi connectivity index (χ2n) is 5.32. The first kappa shape index (κ1) is 20.2. The van der Waals surface area contributed by atoms with E-state index in [0.717, 1.165) is 17.7 Å². The zero-order valence-corrected chi connectivity index (χ0v) is 13.9. The molecule has 0 atom stereocenters. The third kappa shape index (κ3) is 6.61. The molecule has 0 radical (unpaired) electrons. The molecule has 0 aliphatic carbocycles. The van der Waals surface area contributed by atoms with Crippen LogP contribution >= 0.6 is 0 Å². The first-order valence-electron chi connectivity index (χ1n) is 7.78. The van der Waals surface area contributed by atoms with E-state index < -0.39 is 42.3 Å². The molecule has 9 heteroatoms. The summed E-state index contributed by atoms with van der Waals surface area (Å²) < 4.78 is 59.2. The van der Waals surface area contributed by atoms with Gasteiger partial charge in [0.05, 0.1) is 5.56 Å². The summed E-state index contributed by atoms with van der Waals surface area (Å²) in [7, 11) is 0. The predicted octanol–water partition coefficient (Wildman–Crippen LogP) is 3.08. The van der Waals surface area contributed by atoms with Crippen molar-refractivity contribution in [2.75, 3.05) is 13.2 Å². The molecule has 0 aromatic heterocycles. The molecule has 0 saturated heterocycles. The number of nitrogens with one attached hydrogen (secondary N) is 1. The van der Waals surface area contributed by atoms with Crippen molar-refractivity contribution in [3.8, 4) is 5.75 Å². The third-order valence-electron chi connectivity index (χ3n) is 3.37. The number of rotatable bonds is 8. The molecule has 0 spiro atoms. The second kappa shape index (κ2) is 9.56. The van der Waals surface area contributed by atoms with Crippen molar-refractivity contribution < 1.29 is 36.6 Å². The molecule has 0 bridgehead atoms. The van der Waals surface area contributed by atoms with Gasteiger partial charge in [-0.25, -0.2) is 13.6 Å². The minimum absolute atomic E-state index is 0.0257. The van der Waals surface area contributed by atoms with Crippen LogP contribution in [-0.4, -0.2) is 31.6 Å². The van der Waals surface area contributed by atoms with E-state index in [9.17, 15) is 27.2 Å². The molecule has 0 aliphatic rings. The summed E-state index contributed by atoms with van der Waals surface area (Å²) in [5.41, 5.74) is 0.289. The summed E-state index contributed by atoms with van der Waals surface area (Å²) >= 11 is 0. The Morgan fingerprint density at radius 2 is 1.74 bits per heavy atom. The first-order chi connectivity index (χ1) is 12.8. The number of hydrogen-bond acceptors (Lipinski definition) is 4. The van der Waals surface area contributed by atoms with Crippen LogP contribution in [0.15, 0.2) is 42.5 Å². The maximum absolute atomic E-state index is 13.4. The van der Waals surface area contributed by atoms with Crippen LogP contribution in [-0.2, 0) is 16.0 Å². The van der Waals surface area contributed by atoms with E-state index in [4.69, 9.17) is 0 Å². The Morgan fingerprint density at radius 3 is 2.37 bits per heavy atom. The fourth-order valence-electron chi connectivity index (χ4n) is 2.10. The highest BCUT2D eigenvalue weighted by atomic mass is 19.3. The molecule has 144 valence electrons. The largest absolute Gasteiger partial charge is 0.452 e. The highest BCUT2D eigenvalue weighted by molar-refractivity contribution is 5.91. The average molecular weight is 385 g/mol. The maximum Gasteiger partial charge on any atom is 0.387 e. The quantitative estimate of drug-likeness (QED) is 0.560. The third-order valence-corrected chi connectivity index (χ3v) is 3.37. The van der Waals surface area contributed by atoms with Crippen molar-refractivity contribution in [2.24, 2.45) is 0 Å². The molecule has 0 aliphatic heterocycles. The van der Waals surface area contributed by atoms with Gasteiger partial charge in [0, 0.05) is 12.6 Å². The van der Waals surface area contributed by atoms with Gasteiger partial charge in [0.25, 0.3) is 5.91 Å². The minimum atomic E-state index is -2.90. The van der Waals surface area contributed by atoms with Gasteiger partial charge in [-0.05, 0) is 36.2 Å². The maximum atomic E-state index is 13.4. The number of carbonyl (C=O) groups excluding carboxylic acids is 2. The molecule has 1 amide bonds. The lowest BCUT2D eigenvalue weighted by atomic mass is 10.1. The smallest absolute Gasteiger partial charge is 0.387 e. The lowest BCUT2D eigenvalue weighted by molar-refractivity contribution is -0.124. The van der Waals surface area contributed by atoms with E-state index in [1.807, 2.05) is 0 Å². The van der Waals surface area contributed by atoms with Gasteiger partial charge in [0.1, 0.15) is 17.4 Å². The van der Waals surface area contributed by atoms with E-state index in [-0.39, 0.29) is 12.3 Å². The number of benzene rings is 2. The molecule has 2 aromatic rings. The molecule has 2 aromatic carbocycles. The van der Waals surface area contributed by atoms with Crippen molar-refractivity contribution in [1.29, 1.82) is 0 Å². The van der Waals surface area contributed by atoms with Gasteiger partial charge in [0.2, 0.25) is 0 Å². The highest BCUT2D eigenvalue weighted by Crippen LogP contribution is 2.15. The number of amides is 1. The SMILES string of the molecule is O=C(COC(=O)c1ccc(F)cc1F)NCCc1ccc(OC(F)F)cc1. The summed E-state index contributed by atoms with van der Waals surface area (Å²) in [5.74, 6) is -3.59. The Balaban J connectivity index is 1.72. The van der Waals surface area contributed by atoms with Crippen molar-refractivity contribution in [1.82, 2.24) is 5.32 Å². The average Bonchev–Trinajstić information content (AvgIpc) is 2.61. The molecule has 0 saturated carbocycles. The molecule has 0 unspecified atom stereocenters. The number of ether oxygens (including phenoxy) is 2. The number of alkyl halides is 2. The van der Waals surface area contributed by atoms with Crippen LogP contribution in [0.4, 0.5) is 17.6 Å². The molecule has 1 N–H and O–H groups in total. The number of halogens is 4. The molecule has 0 fully saturated rings. The zero-order valence-electron chi connectivity index (χ0n) is 13.9. The van der Waals surface area contributed by atoms with Gasteiger partial charge >= 0.3 is 12.6 Å². The fraction of sp³-hybridized carbons (Fsp3) is 0.222. The predicted molar refractivity (Wildman–Crippen MR) is 86.4 cm³/mol. The van der Waals surface area contributed by atoms with Gasteiger partial charge in [0.15, 0.2) is 6.61 Å². The monoisotopic (exact) mass is 385 g/mol. The Kier molecular flexibility index (Phi) is 7.16. The topological polar surface area (TPSA) is 64.6 Å². The number of hydrogen-bond donors (Lipinski definition) is 1. The highest BCUT2D eigenvalue weighted by Gasteiger charge is 2.15.